The minimum atomic E-state index is -4.55. The highest BCUT2D eigenvalue weighted by molar-refractivity contribution is 5.95. The third-order valence-electron chi connectivity index (χ3n) is 5.48. The summed E-state index contributed by atoms with van der Waals surface area (Å²) in [7, 11) is 0. The Morgan fingerprint density at radius 2 is 1.81 bits per heavy atom. The zero-order valence-electron chi connectivity index (χ0n) is 17.4. The van der Waals surface area contributed by atoms with Crippen molar-refractivity contribution in [1.29, 1.82) is 0 Å². The summed E-state index contributed by atoms with van der Waals surface area (Å²) in [4.78, 5) is 31.1. The van der Waals surface area contributed by atoms with Gasteiger partial charge in [-0.1, -0.05) is 12.1 Å². The Hall–Kier alpha value is -2.94. The van der Waals surface area contributed by atoms with Gasteiger partial charge in [-0.05, 0) is 69.6 Å². The summed E-state index contributed by atoms with van der Waals surface area (Å²) in [5.74, 6) is -0.333. The first-order valence-corrected chi connectivity index (χ1v) is 10.1. The molecule has 2 N–H and O–H groups in total. The Kier molecular flexibility index (Phi) is 6.94. The number of alkyl halides is 3. The lowest BCUT2D eigenvalue weighted by molar-refractivity contribution is -0.137. The standard InChI is InChI=1S/C22H25F3N4O2/c1-14-7-10-26-19(13-14)28-21(31)16-8-11-29(12-9-16)15(2)20(30)27-18-6-4-3-5-17(18)22(23,24)25/h3-7,10,13,15-16H,8-9,11-12H2,1-2H3,(H,27,30)(H,26,28,31). The number of carbonyl (C=O) groups is 2. The number of piperidine rings is 1. The zero-order valence-corrected chi connectivity index (χ0v) is 17.4. The van der Waals surface area contributed by atoms with Crippen LogP contribution in [0.1, 0.15) is 30.9 Å². The van der Waals surface area contributed by atoms with Gasteiger partial charge in [0, 0.05) is 12.1 Å². The van der Waals surface area contributed by atoms with Gasteiger partial charge in [-0.15, -0.1) is 0 Å². The van der Waals surface area contributed by atoms with E-state index in [0.717, 1.165) is 11.6 Å². The average Bonchev–Trinajstić information content (AvgIpc) is 2.73. The van der Waals surface area contributed by atoms with Gasteiger partial charge in [-0.3, -0.25) is 14.5 Å². The van der Waals surface area contributed by atoms with Crippen LogP contribution in [0.25, 0.3) is 0 Å². The van der Waals surface area contributed by atoms with Crippen molar-refractivity contribution < 1.29 is 22.8 Å². The Labute approximate surface area is 178 Å². The molecule has 2 aromatic rings. The maximum Gasteiger partial charge on any atom is 0.418 e. The fourth-order valence-corrected chi connectivity index (χ4v) is 3.62. The molecule has 0 saturated carbocycles. The molecular formula is C22H25F3N4O2. The number of benzene rings is 1. The zero-order chi connectivity index (χ0) is 22.6. The fraction of sp³-hybridized carbons (Fsp3) is 0.409. The number of para-hydroxylation sites is 1. The molecular weight excluding hydrogens is 409 g/mol. The van der Waals surface area contributed by atoms with Crippen LogP contribution in [-0.2, 0) is 15.8 Å². The van der Waals surface area contributed by atoms with Gasteiger partial charge in [0.15, 0.2) is 0 Å². The normalized spacial score (nSPS) is 16.5. The van der Waals surface area contributed by atoms with Gasteiger partial charge in [-0.25, -0.2) is 4.98 Å². The molecule has 1 saturated heterocycles. The Bertz CT molecular complexity index is 940. The Balaban J connectivity index is 1.55. The second-order valence-electron chi connectivity index (χ2n) is 7.73. The van der Waals surface area contributed by atoms with Crippen LogP contribution in [0.4, 0.5) is 24.7 Å². The summed E-state index contributed by atoms with van der Waals surface area (Å²) in [6.45, 7) is 4.56. The summed E-state index contributed by atoms with van der Waals surface area (Å²) in [5, 5.41) is 5.22. The number of nitrogens with zero attached hydrogens (tertiary/aromatic N) is 2. The molecule has 2 amide bonds. The highest BCUT2D eigenvalue weighted by atomic mass is 19.4. The number of nitrogens with one attached hydrogen (secondary N) is 2. The molecule has 1 atom stereocenters. The van der Waals surface area contributed by atoms with Crippen LogP contribution < -0.4 is 10.6 Å². The quantitative estimate of drug-likeness (QED) is 0.744. The second-order valence-corrected chi connectivity index (χ2v) is 7.73. The number of likely N-dealkylation sites (tertiary alicyclic amines) is 1. The third-order valence-corrected chi connectivity index (χ3v) is 5.48. The van der Waals surface area contributed by atoms with Crippen LogP contribution in [-0.4, -0.2) is 40.8 Å². The molecule has 0 aliphatic carbocycles. The number of amides is 2. The number of aryl methyl sites for hydroxylation is 1. The van der Waals surface area contributed by atoms with E-state index in [1.165, 1.54) is 18.2 Å². The molecule has 1 fully saturated rings. The molecule has 166 valence electrons. The van der Waals surface area contributed by atoms with Crippen molar-refractivity contribution >= 4 is 23.3 Å². The molecule has 1 aromatic carbocycles. The highest BCUT2D eigenvalue weighted by Crippen LogP contribution is 2.34. The molecule has 9 heteroatoms. The number of aromatic nitrogens is 1. The molecule has 1 unspecified atom stereocenters. The van der Waals surface area contributed by atoms with E-state index in [0.29, 0.717) is 31.7 Å². The summed E-state index contributed by atoms with van der Waals surface area (Å²) >= 11 is 0. The minimum Gasteiger partial charge on any atom is -0.324 e. The van der Waals surface area contributed by atoms with Gasteiger partial charge in [-0.2, -0.15) is 13.2 Å². The maximum absolute atomic E-state index is 13.1. The number of anilines is 2. The second kappa shape index (κ2) is 9.47. The number of hydrogen-bond acceptors (Lipinski definition) is 4. The summed E-state index contributed by atoms with van der Waals surface area (Å²) in [6, 6.07) is 7.92. The molecule has 0 bridgehead atoms. The van der Waals surface area contributed by atoms with Gasteiger partial charge >= 0.3 is 6.18 Å². The van der Waals surface area contributed by atoms with Crippen LogP contribution >= 0.6 is 0 Å². The number of pyridine rings is 1. The SMILES string of the molecule is Cc1ccnc(NC(=O)C2CCN(C(C)C(=O)Nc3ccccc3C(F)(F)F)CC2)c1. The van der Waals surface area contributed by atoms with Crippen LogP contribution in [0, 0.1) is 12.8 Å². The van der Waals surface area contributed by atoms with Crippen LogP contribution in [0.5, 0.6) is 0 Å². The average molecular weight is 434 g/mol. The first-order valence-electron chi connectivity index (χ1n) is 10.1. The lowest BCUT2D eigenvalue weighted by atomic mass is 9.95. The topological polar surface area (TPSA) is 74.3 Å². The molecule has 1 aromatic heterocycles. The predicted molar refractivity (Wildman–Crippen MR) is 111 cm³/mol. The first-order chi connectivity index (χ1) is 14.6. The van der Waals surface area contributed by atoms with E-state index in [4.69, 9.17) is 0 Å². The molecule has 0 radical (unpaired) electrons. The van der Waals surface area contributed by atoms with E-state index in [1.807, 2.05) is 17.9 Å². The smallest absolute Gasteiger partial charge is 0.324 e. The molecule has 6 nitrogen and oxygen atoms in total. The molecule has 31 heavy (non-hydrogen) atoms. The summed E-state index contributed by atoms with van der Waals surface area (Å²) in [5.41, 5.74) is -0.144. The fourth-order valence-electron chi connectivity index (χ4n) is 3.62. The maximum atomic E-state index is 13.1. The van der Waals surface area contributed by atoms with E-state index in [-0.39, 0.29) is 17.5 Å². The Morgan fingerprint density at radius 1 is 1.13 bits per heavy atom. The molecule has 0 spiro atoms. The minimum absolute atomic E-state index is 0.117. The Morgan fingerprint density at radius 3 is 2.45 bits per heavy atom. The van der Waals surface area contributed by atoms with Crippen LogP contribution in [0.3, 0.4) is 0 Å². The van der Waals surface area contributed by atoms with E-state index >= 15 is 0 Å². The number of carbonyl (C=O) groups excluding carboxylic acids is 2. The first kappa shape index (κ1) is 22.7. The van der Waals surface area contributed by atoms with Crippen molar-refractivity contribution in [2.75, 3.05) is 23.7 Å². The van der Waals surface area contributed by atoms with Crippen LogP contribution in [0.2, 0.25) is 0 Å². The van der Waals surface area contributed by atoms with E-state index in [2.05, 4.69) is 15.6 Å². The van der Waals surface area contributed by atoms with Gasteiger partial charge in [0.1, 0.15) is 5.82 Å². The highest BCUT2D eigenvalue weighted by Gasteiger charge is 2.35. The van der Waals surface area contributed by atoms with Crippen molar-refractivity contribution in [3.8, 4) is 0 Å². The van der Waals surface area contributed by atoms with Gasteiger partial charge in [0.05, 0.1) is 17.3 Å². The van der Waals surface area contributed by atoms with Crippen molar-refractivity contribution in [3.05, 3.63) is 53.7 Å². The monoisotopic (exact) mass is 434 g/mol. The van der Waals surface area contributed by atoms with Gasteiger partial charge < -0.3 is 10.6 Å². The molecule has 1 aliphatic rings. The van der Waals surface area contributed by atoms with E-state index in [1.54, 1.807) is 19.2 Å². The van der Waals surface area contributed by atoms with Gasteiger partial charge in [0.25, 0.3) is 0 Å². The van der Waals surface area contributed by atoms with E-state index < -0.39 is 23.7 Å². The lowest BCUT2D eigenvalue weighted by Crippen LogP contribution is -2.47. The predicted octanol–water partition coefficient (Wildman–Crippen LogP) is 4.09. The molecule has 1 aliphatic heterocycles. The van der Waals surface area contributed by atoms with Crippen molar-refractivity contribution in [2.24, 2.45) is 5.92 Å². The summed E-state index contributed by atoms with van der Waals surface area (Å²) < 4.78 is 39.4. The molecule has 3 rings (SSSR count). The third kappa shape index (κ3) is 5.81. The number of halogens is 3. The molecule has 2 heterocycles. The van der Waals surface area contributed by atoms with Crippen molar-refractivity contribution in [3.63, 3.8) is 0 Å². The lowest BCUT2D eigenvalue weighted by Gasteiger charge is -2.34. The number of rotatable bonds is 5. The number of hydrogen-bond donors (Lipinski definition) is 2. The van der Waals surface area contributed by atoms with Gasteiger partial charge in [0.2, 0.25) is 11.8 Å². The van der Waals surface area contributed by atoms with Crippen molar-refractivity contribution in [2.45, 2.75) is 38.9 Å². The largest absolute Gasteiger partial charge is 0.418 e. The van der Waals surface area contributed by atoms with Crippen molar-refractivity contribution in [1.82, 2.24) is 9.88 Å². The van der Waals surface area contributed by atoms with Crippen LogP contribution in [0.15, 0.2) is 42.6 Å². The summed E-state index contributed by atoms with van der Waals surface area (Å²) in [6.07, 6.45) is -1.82. The van der Waals surface area contributed by atoms with E-state index in [9.17, 15) is 22.8 Å².